The van der Waals surface area contributed by atoms with E-state index in [1.807, 2.05) is 6.07 Å². The molecule has 1 atom stereocenters. The van der Waals surface area contributed by atoms with Crippen LogP contribution in [0.5, 0.6) is 5.75 Å². The first-order valence-electron chi connectivity index (χ1n) is 12.2. The summed E-state index contributed by atoms with van der Waals surface area (Å²) in [5, 5.41) is 0. The van der Waals surface area contributed by atoms with Crippen molar-refractivity contribution >= 4 is 15.7 Å². The van der Waals surface area contributed by atoms with Crippen LogP contribution in [0.3, 0.4) is 0 Å². The Morgan fingerprint density at radius 1 is 1.09 bits per heavy atom. The zero-order valence-electron chi connectivity index (χ0n) is 20.5. The fraction of sp³-hybridized carbons (Fsp3) is 0.464. The molecule has 0 radical (unpaired) electrons. The van der Waals surface area contributed by atoms with Crippen LogP contribution in [0.1, 0.15) is 56.6 Å². The summed E-state index contributed by atoms with van der Waals surface area (Å²) in [6, 6.07) is 15.6. The summed E-state index contributed by atoms with van der Waals surface area (Å²) >= 11 is 0. The Bertz CT molecular complexity index is 1080. The number of allylic oxidation sites excluding steroid dienone is 1. The van der Waals surface area contributed by atoms with Gasteiger partial charge in [-0.25, -0.2) is 8.42 Å². The Kier molecular flexibility index (Phi) is 9.34. The van der Waals surface area contributed by atoms with Crippen LogP contribution < -0.4 is 4.74 Å². The van der Waals surface area contributed by atoms with Crippen molar-refractivity contribution < 1.29 is 17.9 Å². The minimum Gasteiger partial charge on any atom is -0.497 e. The molecule has 0 bridgehead atoms. The number of rotatable bonds is 11. The average molecular weight is 484 g/mol. The van der Waals surface area contributed by atoms with Crippen LogP contribution >= 0.6 is 0 Å². The lowest BCUT2D eigenvalue weighted by Crippen LogP contribution is -2.32. The number of fused-ring (bicyclic) bond motifs is 1. The van der Waals surface area contributed by atoms with E-state index in [1.165, 1.54) is 12.0 Å². The SMILES string of the molecule is C=C(CCC(=O)N1CCS(=O)(=O)c2ccc(OC)cc2C1)CCC(CCC)Cc1ccccc1. The van der Waals surface area contributed by atoms with E-state index in [2.05, 4.69) is 37.8 Å². The van der Waals surface area contributed by atoms with Crippen LogP contribution in [-0.2, 0) is 27.6 Å². The Morgan fingerprint density at radius 2 is 1.85 bits per heavy atom. The lowest BCUT2D eigenvalue weighted by molar-refractivity contribution is -0.131. The van der Waals surface area contributed by atoms with Crippen molar-refractivity contribution in [2.24, 2.45) is 5.92 Å². The molecular weight excluding hydrogens is 446 g/mol. The van der Waals surface area contributed by atoms with Crippen LogP contribution in [0, 0.1) is 5.92 Å². The fourth-order valence-electron chi connectivity index (χ4n) is 4.63. The van der Waals surface area contributed by atoms with Gasteiger partial charge < -0.3 is 9.64 Å². The lowest BCUT2D eigenvalue weighted by Gasteiger charge is -2.21. The van der Waals surface area contributed by atoms with Crippen LogP contribution in [0.2, 0.25) is 0 Å². The van der Waals surface area contributed by atoms with Gasteiger partial charge in [-0.15, -0.1) is 0 Å². The number of sulfone groups is 1. The number of methoxy groups -OCH3 is 1. The molecule has 0 aromatic heterocycles. The normalized spacial score (nSPS) is 15.8. The van der Waals surface area contributed by atoms with Crippen LogP contribution in [0.4, 0.5) is 0 Å². The molecule has 0 saturated heterocycles. The van der Waals surface area contributed by atoms with Crippen LogP contribution in [0.25, 0.3) is 0 Å². The summed E-state index contributed by atoms with van der Waals surface area (Å²) in [6.07, 6.45) is 6.40. The van der Waals surface area contributed by atoms with Gasteiger partial charge in [0.05, 0.1) is 17.8 Å². The summed E-state index contributed by atoms with van der Waals surface area (Å²) in [7, 11) is -1.87. The van der Waals surface area contributed by atoms with Crippen molar-refractivity contribution in [3.05, 3.63) is 71.8 Å². The number of carbonyl (C=O) groups is 1. The van der Waals surface area contributed by atoms with E-state index in [-0.39, 0.29) is 24.7 Å². The first kappa shape index (κ1) is 26.0. The smallest absolute Gasteiger partial charge is 0.223 e. The molecule has 5 nitrogen and oxygen atoms in total. The summed E-state index contributed by atoms with van der Waals surface area (Å²) < 4.78 is 30.6. The molecule has 2 aromatic carbocycles. The van der Waals surface area contributed by atoms with Gasteiger partial charge in [-0.2, -0.15) is 0 Å². The summed E-state index contributed by atoms with van der Waals surface area (Å²) in [6.45, 7) is 6.94. The average Bonchev–Trinajstić information content (AvgIpc) is 2.97. The minimum atomic E-state index is -3.42. The molecule has 0 spiro atoms. The summed E-state index contributed by atoms with van der Waals surface area (Å²) in [5.74, 6) is 1.12. The standard InChI is InChI=1S/C28H37NO4S/c1-4-8-23(19-24-9-6-5-7-10-24)13-11-22(2)12-16-28(30)29-17-18-34(31,32)27-15-14-26(33-3)20-25(27)21-29/h5-7,9-10,14-15,20,23H,2,4,8,11-13,16-19,21H2,1,3H3. The second-order valence-electron chi connectivity index (χ2n) is 9.24. The second kappa shape index (κ2) is 12.2. The number of ether oxygens (including phenoxy) is 1. The number of nitrogens with zero attached hydrogens (tertiary/aromatic N) is 1. The number of hydrogen-bond donors (Lipinski definition) is 0. The molecule has 1 aliphatic rings. The summed E-state index contributed by atoms with van der Waals surface area (Å²) in [4.78, 5) is 14.9. The quantitative estimate of drug-likeness (QED) is 0.391. The van der Waals surface area contributed by atoms with Gasteiger partial charge in [0.2, 0.25) is 5.91 Å². The van der Waals surface area contributed by atoms with Gasteiger partial charge in [-0.3, -0.25) is 4.79 Å². The molecule has 1 heterocycles. The molecule has 0 saturated carbocycles. The maximum Gasteiger partial charge on any atom is 0.223 e. The van der Waals surface area contributed by atoms with Crippen molar-refractivity contribution in [2.45, 2.75) is 63.3 Å². The van der Waals surface area contributed by atoms with E-state index < -0.39 is 9.84 Å². The van der Waals surface area contributed by atoms with E-state index in [1.54, 1.807) is 30.2 Å². The Balaban J connectivity index is 1.53. The maximum absolute atomic E-state index is 13.0. The van der Waals surface area contributed by atoms with E-state index >= 15 is 0 Å². The highest BCUT2D eigenvalue weighted by molar-refractivity contribution is 7.91. The summed E-state index contributed by atoms with van der Waals surface area (Å²) in [5.41, 5.74) is 3.08. The van der Waals surface area contributed by atoms with E-state index in [4.69, 9.17) is 4.74 Å². The van der Waals surface area contributed by atoms with Crippen LogP contribution in [-0.4, -0.2) is 38.6 Å². The van der Waals surface area contributed by atoms with Gasteiger partial charge in [-0.1, -0.05) is 62.2 Å². The first-order chi connectivity index (χ1) is 16.3. The molecular formula is C28H37NO4S. The lowest BCUT2D eigenvalue weighted by atomic mass is 9.89. The molecule has 184 valence electrons. The largest absolute Gasteiger partial charge is 0.497 e. The van der Waals surface area contributed by atoms with Crippen molar-refractivity contribution in [3.8, 4) is 5.75 Å². The number of benzene rings is 2. The topological polar surface area (TPSA) is 63.7 Å². The highest BCUT2D eigenvalue weighted by atomic mass is 32.2. The third-order valence-corrected chi connectivity index (χ3v) is 8.40. The molecule has 6 heteroatoms. The predicted octanol–water partition coefficient (Wildman–Crippen LogP) is 5.59. The monoisotopic (exact) mass is 483 g/mol. The molecule has 0 N–H and O–H groups in total. The maximum atomic E-state index is 13.0. The van der Waals surface area contributed by atoms with Gasteiger partial charge in [0.25, 0.3) is 0 Å². The zero-order chi connectivity index (χ0) is 24.6. The molecule has 3 rings (SSSR count). The first-order valence-corrected chi connectivity index (χ1v) is 13.9. The molecule has 2 aromatic rings. The van der Waals surface area contributed by atoms with Crippen molar-refractivity contribution in [3.63, 3.8) is 0 Å². The predicted molar refractivity (Wildman–Crippen MR) is 137 cm³/mol. The molecule has 1 aliphatic heterocycles. The highest BCUT2D eigenvalue weighted by Crippen LogP contribution is 2.28. The Labute approximate surface area is 204 Å². The molecule has 1 amide bonds. The van der Waals surface area contributed by atoms with E-state index in [0.717, 1.165) is 31.3 Å². The van der Waals surface area contributed by atoms with Crippen LogP contribution in [0.15, 0.2) is 65.6 Å². The van der Waals surface area contributed by atoms with Gasteiger partial charge in [0.1, 0.15) is 5.75 Å². The van der Waals surface area contributed by atoms with Gasteiger partial charge in [0.15, 0.2) is 9.84 Å². The number of carbonyl (C=O) groups excluding carboxylic acids is 1. The Morgan fingerprint density at radius 3 is 2.56 bits per heavy atom. The van der Waals surface area contributed by atoms with E-state index in [0.29, 0.717) is 35.0 Å². The van der Waals surface area contributed by atoms with Crippen molar-refractivity contribution in [1.29, 1.82) is 0 Å². The van der Waals surface area contributed by atoms with Crippen molar-refractivity contribution in [2.75, 3.05) is 19.4 Å². The van der Waals surface area contributed by atoms with Gasteiger partial charge in [0, 0.05) is 19.5 Å². The molecule has 34 heavy (non-hydrogen) atoms. The second-order valence-corrected chi connectivity index (χ2v) is 11.3. The Hall–Kier alpha value is -2.60. The third-order valence-electron chi connectivity index (χ3n) is 6.61. The molecule has 0 aliphatic carbocycles. The zero-order valence-corrected chi connectivity index (χ0v) is 21.3. The third kappa shape index (κ3) is 7.20. The minimum absolute atomic E-state index is 0.0265. The van der Waals surface area contributed by atoms with Crippen molar-refractivity contribution in [1.82, 2.24) is 4.90 Å². The molecule has 0 fully saturated rings. The fourth-order valence-corrected chi connectivity index (χ4v) is 6.11. The van der Waals surface area contributed by atoms with Gasteiger partial charge >= 0.3 is 0 Å². The number of amides is 1. The van der Waals surface area contributed by atoms with E-state index in [9.17, 15) is 13.2 Å². The highest BCUT2D eigenvalue weighted by Gasteiger charge is 2.28. The van der Waals surface area contributed by atoms with Gasteiger partial charge in [-0.05, 0) is 60.9 Å². The molecule has 1 unspecified atom stereocenters. The number of hydrogen-bond acceptors (Lipinski definition) is 4.